The Morgan fingerprint density at radius 3 is 1.39 bits per heavy atom. The van der Waals surface area contributed by atoms with Gasteiger partial charge in [-0.05, 0) is 146 Å². The first-order valence-electron chi connectivity index (χ1n) is 18.8. The van der Waals surface area contributed by atoms with Crippen molar-refractivity contribution < 1.29 is 17.7 Å². The van der Waals surface area contributed by atoms with Gasteiger partial charge in [0.15, 0.2) is 0 Å². The second-order valence-corrected chi connectivity index (χ2v) is 16.8. The summed E-state index contributed by atoms with van der Waals surface area (Å²) in [4.78, 5) is 4.83. The molecule has 0 saturated carbocycles. The highest BCUT2D eigenvalue weighted by Crippen LogP contribution is 2.46. The number of likely N-dealkylation sites (tertiary alicyclic amines) is 2. The first-order valence-corrected chi connectivity index (χ1v) is 20.6. The Bertz CT molecular complexity index is 2040. The molecule has 0 spiro atoms. The lowest BCUT2D eigenvalue weighted by Crippen LogP contribution is -2.33. The smallest absolute Gasteiger partial charge is 0.264 e. The van der Waals surface area contributed by atoms with E-state index >= 15 is 0 Å². The average molecular weight is 749 g/mol. The van der Waals surface area contributed by atoms with Crippen LogP contribution in [0.4, 0.5) is 0 Å². The lowest BCUT2D eigenvalue weighted by molar-refractivity contribution is 0.207. The minimum atomic E-state index is -3.50. The lowest BCUT2D eigenvalue weighted by atomic mass is 9.74. The quantitative estimate of drug-likeness (QED) is 0.198. The summed E-state index contributed by atoms with van der Waals surface area (Å²) >= 11 is 0. The van der Waals surface area contributed by atoms with Gasteiger partial charge in [0.05, 0.1) is 19.5 Å². The van der Waals surface area contributed by atoms with Gasteiger partial charge in [-0.2, -0.15) is 8.42 Å². The summed E-state index contributed by atoms with van der Waals surface area (Å²) in [5, 5.41) is 9.94. The van der Waals surface area contributed by atoms with Gasteiger partial charge in [0, 0.05) is 11.8 Å². The van der Waals surface area contributed by atoms with Crippen molar-refractivity contribution >= 4 is 33.4 Å². The maximum Gasteiger partial charge on any atom is 0.264 e. The van der Waals surface area contributed by atoms with Gasteiger partial charge < -0.3 is 14.9 Å². The van der Waals surface area contributed by atoms with Crippen molar-refractivity contribution in [3.8, 4) is 0 Å². The molecule has 54 heavy (non-hydrogen) atoms. The molecule has 2 fully saturated rings. The third-order valence-corrected chi connectivity index (χ3v) is 12.2. The summed E-state index contributed by atoms with van der Waals surface area (Å²) in [6, 6.07) is 34.3. The first kappa shape index (κ1) is 41.3. The highest BCUT2D eigenvalue weighted by atomic mass is 32.2. The molecule has 2 aliphatic carbocycles. The molecule has 1 N–H and O–H groups in total. The summed E-state index contributed by atoms with van der Waals surface area (Å²) in [6.07, 6.45) is 10.2. The van der Waals surface area contributed by atoms with E-state index < -0.39 is 10.1 Å². The SMILES string of the molecule is C.C.CN1CCC(C2c3ccccc3C=C(CO)c3ccccc32)CC1.CN1CCC(C2c3ccccc3C=C(COS(C)(=O)=O)c3ccccc32)CC1. The number of fused-ring (bicyclic) bond motifs is 4. The molecule has 2 aliphatic heterocycles. The van der Waals surface area contributed by atoms with Crippen LogP contribution in [0.1, 0.15) is 96.9 Å². The molecule has 2 heterocycles. The summed E-state index contributed by atoms with van der Waals surface area (Å²) < 4.78 is 28.4. The van der Waals surface area contributed by atoms with Gasteiger partial charge >= 0.3 is 0 Å². The van der Waals surface area contributed by atoms with Crippen LogP contribution in [0, 0.1) is 11.8 Å². The third-order valence-electron chi connectivity index (χ3n) is 11.7. The highest BCUT2D eigenvalue weighted by Gasteiger charge is 2.34. The number of rotatable bonds is 6. The Hall–Kier alpha value is -3.85. The van der Waals surface area contributed by atoms with Crippen LogP contribution in [0.5, 0.6) is 0 Å². The predicted octanol–water partition coefficient (Wildman–Crippen LogP) is 9.27. The zero-order valence-corrected chi connectivity index (χ0v) is 31.6. The van der Waals surface area contributed by atoms with Crippen molar-refractivity contribution in [1.29, 1.82) is 0 Å². The summed E-state index contributed by atoms with van der Waals surface area (Å²) in [5.41, 5.74) is 12.1. The van der Waals surface area contributed by atoms with Gasteiger partial charge in [-0.3, -0.25) is 4.18 Å². The van der Waals surface area contributed by atoms with Crippen LogP contribution in [-0.4, -0.2) is 83.1 Å². The number of nitrogens with zero attached hydrogens (tertiary/aromatic N) is 2. The van der Waals surface area contributed by atoms with Crippen LogP contribution in [0.2, 0.25) is 0 Å². The van der Waals surface area contributed by atoms with E-state index in [4.69, 9.17) is 4.18 Å². The maximum absolute atomic E-state index is 11.6. The standard InChI is InChI=1S/C23H27NO3S.C22H25NO.2CH4/c1-24-13-11-17(12-14-24)23-21-9-4-3-7-18(21)15-19(16-27-28(2,25)26)20-8-5-6-10-22(20)23;1-23-12-10-16(11-13-23)22-20-8-3-2-6-17(20)14-18(15-24)19-7-4-5-9-21(19)22;;/h3-10,15,17,23H,11-14,16H2,1-2H3;2-9,14,16,22,24H,10-13,15H2,1H3;2*1H4. The van der Waals surface area contributed by atoms with E-state index in [2.05, 4.69) is 121 Å². The molecule has 288 valence electrons. The lowest BCUT2D eigenvalue weighted by Gasteiger charge is -2.35. The fourth-order valence-corrected chi connectivity index (χ4v) is 9.34. The van der Waals surface area contributed by atoms with Gasteiger partial charge in [0.25, 0.3) is 10.1 Å². The third kappa shape index (κ3) is 9.15. The van der Waals surface area contributed by atoms with Crippen LogP contribution < -0.4 is 0 Å². The maximum atomic E-state index is 11.6. The molecular weight excluding hydrogens is 689 g/mol. The molecule has 4 aromatic carbocycles. The van der Waals surface area contributed by atoms with E-state index in [1.807, 2.05) is 12.1 Å². The van der Waals surface area contributed by atoms with Crippen LogP contribution >= 0.6 is 0 Å². The van der Waals surface area contributed by atoms with Gasteiger partial charge in [-0.15, -0.1) is 0 Å². The number of piperidine rings is 2. The van der Waals surface area contributed by atoms with Crippen molar-refractivity contribution in [3.05, 3.63) is 142 Å². The Morgan fingerprint density at radius 2 is 0.963 bits per heavy atom. The molecule has 0 radical (unpaired) electrons. The van der Waals surface area contributed by atoms with E-state index in [9.17, 15) is 13.5 Å². The van der Waals surface area contributed by atoms with Crippen molar-refractivity contribution in [1.82, 2.24) is 9.80 Å². The van der Waals surface area contributed by atoms with Crippen LogP contribution in [0.25, 0.3) is 23.3 Å². The minimum Gasteiger partial charge on any atom is -0.392 e. The summed E-state index contributed by atoms with van der Waals surface area (Å²) in [6.45, 7) is 4.72. The minimum absolute atomic E-state index is 0. The van der Waals surface area contributed by atoms with Crippen LogP contribution in [0.3, 0.4) is 0 Å². The normalized spacial score (nSPS) is 20.4. The fraction of sp³-hybridized carbons (Fsp3) is 0.404. The molecule has 7 heteroatoms. The van der Waals surface area contributed by atoms with Gasteiger partial charge in [0.1, 0.15) is 0 Å². The zero-order valence-electron chi connectivity index (χ0n) is 30.7. The van der Waals surface area contributed by atoms with Crippen molar-refractivity contribution in [2.24, 2.45) is 11.8 Å². The average Bonchev–Trinajstić information content (AvgIpc) is 3.39. The van der Waals surface area contributed by atoms with Crippen molar-refractivity contribution in [2.75, 3.05) is 59.7 Å². The first-order chi connectivity index (χ1) is 25.2. The second kappa shape index (κ2) is 18.2. The Kier molecular flexibility index (Phi) is 13.9. The molecule has 4 aromatic rings. The highest BCUT2D eigenvalue weighted by molar-refractivity contribution is 7.86. The number of benzene rings is 4. The predicted molar refractivity (Wildman–Crippen MR) is 227 cm³/mol. The molecule has 6 nitrogen and oxygen atoms in total. The number of hydrogen-bond acceptors (Lipinski definition) is 6. The van der Waals surface area contributed by atoms with E-state index in [-0.39, 0.29) is 28.1 Å². The van der Waals surface area contributed by atoms with Gasteiger partial charge in [-0.1, -0.05) is 112 Å². The number of aliphatic hydroxyl groups is 1. The van der Waals surface area contributed by atoms with Crippen LogP contribution in [-0.2, 0) is 14.3 Å². The van der Waals surface area contributed by atoms with E-state index in [0.29, 0.717) is 23.7 Å². The molecule has 2 saturated heterocycles. The largest absolute Gasteiger partial charge is 0.392 e. The van der Waals surface area contributed by atoms with Gasteiger partial charge in [-0.25, -0.2) is 0 Å². The topological polar surface area (TPSA) is 70.1 Å². The molecule has 2 atom stereocenters. The van der Waals surface area contributed by atoms with E-state index in [0.717, 1.165) is 41.6 Å². The Labute approximate surface area is 325 Å². The Morgan fingerprint density at radius 1 is 0.593 bits per heavy atom. The number of hydrogen-bond donors (Lipinski definition) is 1. The van der Waals surface area contributed by atoms with Crippen molar-refractivity contribution in [2.45, 2.75) is 52.4 Å². The summed E-state index contributed by atoms with van der Waals surface area (Å²) in [7, 11) is 0.905. The number of aliphatic hydroxyl groups excluding tert-OH is 1. The monoisotopic (exact) mass is 748 g/mol. The molecule has 8 rings (SSSR count). The van der Waals surface area contributed by atoms with Crippen molar-refractivity contribution in [3.63, 3.8) is 0 Å². The molecule has 2 unspecified atom stereocenters. The van der Waals surface area contributed by atoms with Gasteiger partial charge in [0.2, 0.25) is 0 Å². The molecule has 0 aromatic heterocycles. The molecule has 4 aliphatic rings. The van der Waals surface area contributed by atoms with E-state index in [1.165, 1.54) is 72.2 Å². The van der Waals surface area contributed by atoms with Crippen LogP contribution in [0.15, 0.2) is 97.1 Å². The van der Waals surface area contributed by atoms with E-state index in [1.54, 1.807) is 0 Å². The molecular formula is C47H60N2O4S. The molecule has 0 amide bonds. The second-order valence-electron chi connectivity index (χ2n) is 15.1. The summed E-state index contributed by atoms with van der Waals surface area (Å²) in [5.74, 6) is 1.97. The zero-order chi connectivity index (χ0) is 36.2. The molecule has 0 bridgehead atoms. The fourth-order valence-electron chi connectivity index (χ4n) is 9.00. The Balaban J connectivity index is 0.000000202.